The van der Waals surface area contributed by atoms with Crippen molar-refractivity contribution in [3.8, 4) is 5.75 Å². The molecule has 3 heteroatoms. The molecule has 2 N–H and O–H groups in total. The highest BCUT2D eigenvalue weighted by Gasteiger charge is 2.48. The van der Waals surface area contributed by atoms with Gasteiger partial charge >= 0.3 is 0 Å². The van der Waals surface area contributed by atoms with E-state index in [9.17, 15) is 5.11 Å². The van der Waals surface area contributed by atoms with Crippen molar-refractivity contribution < 1.29 is 9.84 Å². The molecule has 20 heavy (non-hydrogen) atoms. The van der Waals surface area contributed by atoms with E-state index in [-0.39, 0.29) is 12.1 Å². The number of aryl methyl sites for hydroxylation is 2. The molecule has 2 fully saturated rings. The highest BCUT2D eigenvalue weighted by molar-refractivity contribution is 5.34. The second kappa shape index (κ2) is 5.38. The van der Waals surface area contributed by atoms with E-state index in [2.05, 4.69) is 31.3 Å². The number of rotatable bonds is 7. The first-order valence-electron chi connectivity index (χ1n) is 7.71. The Balaban J connectivity index is 1.67. The van der Waals surface area contributed by atoms with Gasteiger partial charge in [0.15, 0.2) is 0 Å². The van der Waals surface area contributed by atoms with Crippen molar-refractivity contribution in [3.63, 3.8) is 0 Å². The van der Waals surface area contributed by atoms with Crippen LogP contribution in [0.15, 0.2) is 18.2 Å². The molecular formula is C17H25NO2. The molecule has 1 unspecified atom stereocenters. The molecule has 0 radical (unpaired) electrons. The summed E-state index contributed by atoms with van der Waals surface area (Å²) in [7, 11) is 0. The molecular weight excluding hydrogens is 250 g/mol. The molecule has 1 aromatic rings. The van der Waals surface area contributed by atoms with Crippen LogP contribution in [0.4, 0.5) is 0 Å². The average molecular weight is 275 g/mol. The zero-order valence-corrected chi connectivity index (χ0v) is 12.5. The zero-order chi connectivity index (χ0) is 14.2. The normalized spacial score (nSPS) is 21.6. The molecule has 2 aliphatic rings. The highest BCUT2D eigenvalue weighted by Crippen LogP contribution is 2.41. The van der Waals surface area contributed by atoms with E-state index in [1.807, 2.05) is 6.07 Å². The van der Waals surface area contributed by atoms with Gasteiger partial charge in [0.05, 0.1) is 12.1 Å². The van der Waals surface area contributed by atoms with Crippen LogP contribution in [-0.2, 0) is 0 Å². The van der Waals surface area contributed by atoms with Gasteiger partial charge < -0.3 is 15.2 Å². The fourth-order valence-electron chi connectivity index (χ4n) is 2.78. The van der Waals surface area contributed by atoms with Gasteiger partial charge in [-0.1, -0.05) is 6.07 Å². The van der Waals surface area contributed by atoms with E-state index >= 15 is 0 Å². The minimum absolute atomic E-state index is 0.166. The fourth-order valence-corrected chi connectivity index (χ4v) is 2.78. The lowest BCUT2D eigenvalue weighted by atomic mass is 9.95. The van der Waals surface area contributed by atoms with Crippen molar-refractivity contribution in [2.75, 3.05) is 13.2 Å². The summed E-state index contributed by atoms with van der Waals surface area (Å²) in [6.07, 6.45) is 4.88. The van der Waals surface area contributed by atoms with Crippen LogP contribution in [0.1, 0.15) is 36.8 Å². The smallest absolute Gasteiger partial charge is 0.119 e. The van der Waals surface area contributed by atoms with E-state index in [1.54, 1.807) is 0 Å². The van der Waals surface area contributed by atoms with E-state index in [4.69, 9.17) is 4.74 Å². The Hall–Kier alpha value is -1.06. The number of ether oxygens (including phenoxy) is 1. The lowest BCUT2D eigenvalue weighted by Gasteiger charge is -2.33. The molecule has 0 aliphatic heterocycles. The standard InChI is InChI=1S/C17H25NO2/c1-12-3-8-16(9-13(12)2)20-11-17(10-19,14-4-5-14)18-15-6-7-15/h3,8-9,14-15,18-19H,4-7,10-11H2,1-2H3. The van der Waals surface area contributed by atoms with Crippen LogP contribution >= 0.6 is 0 Å². The highest BCUT2D eigenvalue weighted by atomic mass is 16.5. The Kier molecular flexibility index (Phi) is 3.74. The molecule has 1 atom stereocenters. The number of aliphatic hydroxyl groups is 1. The second-order valence-electron chi connectivity index (χ2n) is 6.54. The fraction of sp³-hybridized carbons (Fsp3) is 0.647. The first kappa shape index (κ1) is 13.9. The van der Waals surface area contributed by atoms with Gasteiger partial charge in [-0.25, -0.2) is 0 Å². The summed E-state index contributed by atoms with van der Waals surface area (Å²) in [5.74, 6) is 1.48. The topological polar surface area (TPSA) is 41.5 Å². The quantitative estimate of drug-likeness (QED) is 0.803. The van der Waals surface area contributed by atoms with Gasteiger partial charge in [-0.2, -0.15) is 0 Å². The summed E-state index contributed by atoms with van der Waals surface area (Å²) >= 11 is 0. The van der Waals surface area contributed by atoms with Crippen molar-refractivity contribution in [2.45, 2.75) is 51.1 Å². The van der Waals surface area contributed by atoms with Crippen LogP contribution in [-0.4, -0.2) is 29.9 Å². The van der Waals surface area contributed by atoms with Crippen molar-refractivity contribution in [2.24, 2.45) is 5.92 Å². The van der Waals surface area contributed by atoms with Crippen LogP contribution in [0.3, 0.4) is 0 Å². The first-order chi connectivity index (χ1) is 9.63. The van der Waals surface area contributed by atoms with Crippen LogP contribution in [0.2, 0.25) is 0 Å². The van der Waals surface area contributed by atoms with Gasteiger partial charge in [0.1, 0.15) is 12.4 Å². The Morgan fingerprint density at radius 2 is 1.95 bits per heavy atom. The Bertz CT molecular complexity index is 480. The summed E-state index contributed by atoms with van der Waals surface area (Å²) in [6.45, 7) is 4.94. The lowest BCUT2D eigenvalue weighted by Crippen LogP contribution is -2.56. The summed E-state index contributed by atoms with van der Waals surface area (Å²) < 4.78 is 6.01. The molecule has 0 amide bonds. The molecule has 0 aromatic heterocycles. The molecule has 110 valence electrons. The Morgan fingerprint density at radius 3 is 2.50 bits per heavy atom. The molecule has 2 aliphatic carbocycles. The molecule has 0 heterocycles. The maximum absolute atomic E-state index is 9.90. The number of hydrogen-bond donors (Lipinski definition) is 2. The summed E-state index contributed by atoms with van der Waals surface area (Å²) in [6, 6.07) is 6.79. The number of nitrogens with one attached hydrogen (secondary N) is 1. The van der Waals surface area contributed by atoms with Gasteiger partial charge in [-0.3, -0.25) is 0 Å². The number of benzene rings is 1. The molecule has 1 aromatic carbocycles. The molecule has 2 saturated carbocycles. The predicted octanol–water partition coefficient (Wildman–Crippen LogP) is 2.58. The van der Waals surface area contributed by atoms with Crippen LogP contribution in [0, 0.1) is 19.8 Å². The minimum Gasteiger partial charge on any atom is -0.492 e. The minimum atomic E-state index is -0.236. The van der Waals surface area contributed by atoms with Crippen molar-refractivity contribution in [1.82, 2.24) is 5.32 Å². The molecule has 0 bridgehead atoms. The third-order valence-electron chi connectivity index (χ3n) is 4.68. The lowest BCUT2D eigenvalue weighted by molar-refractivity contribution is 0.0831. The van der Waals surface area contributed by atoms with Gasteiger partial charge in [-0.15, -0.1) is 0 Å². The van der Waals surface area contributed by atoms with Crippen LogP contribution in [0.5, 0.6) is 5.75 Å². The molecule has 3 nitrogen and oxygen atoms in total. The molecule has 0 saturated heterocycles. The second-order valence-corrected chi connectivity index (χ2v) is 6.54. The van der Waals surface area contributed by atoms with Gasteiger partial charge in [0.2, 0.25) is 0 Å². The first-order valence-corrected chi connectivity index (χ1v) is 7.71. The largest absolute Gasteiger partial charge is 0.492 e. The molecule has 0 spiro atoms. The predicted molar refractivity (Wildman–Crippen MR) is 80.1 cm³/mol. The zero-order valence-electron chi connectivity index (χ0n) is 12.5. The van der Waals surface area contributed by atoms with Crippen LogP contribution in [0.25, 0.3) is 0 Å². The third-order valence-corrected chi connectivity index (χ3v) is 4.68. The average Bonchev–Trinajstić information content (AvgIpc) is 3.31. The summed E-state index contributed by atoms with van der Waals surface area (Å²) in [5.41, 5.74) is 2.29. The van der Waals surface area contributed by atoms with E-state index in [0.717, 1.165) is 5.75 Å². The maximum Gasteiger partial charge on any atom is 0.119 e. The number of aliphatic hydroxyl groups excluding tert-OH is 1. The van der Waals surface area contributed by atoms with E-state index in [0.29, 0.717) is 18.6 Å². The van der Waals surface area contributed by atoms with Crippen LogP contribution < -0.4 is 10.1 Å². The SMILES string of the molecule is Cc1ccc(OCC(CO)(NC2CC2)C2CC2)cc1C. The van der Waals surface area contributed by atoms with E-state index in [1.165, 1.54) is 36.8 Å². The molecule has 3 rings (SSSR count). The van der Waals surface area contributed by atoms with Gasteiger partial charge in [0, 0.05) is 6.04 Å². The Labute approximate surface area is 121 Å². The van der Waals surface area contributed by atoms with E-state index < -0.39 is 0 Å². The Morgan fingerprint density at radius 1 is 1.20 bits per heavy atom. The summed E-state index contributed by atoms with van der Waals surface area (Å²) in [5, 5.41) is 13.5. The van der Waals surface area contributed by atoms with Crippen molar-refractivity contribution >= 4 is 0 Å². The third kappa shape index (κ3) is 2.99. The summed E-state index contributed by atoms with van der Waals surface area (Å²) in [4.78, 5) is 0. The number of hydrogen-bond acceptors (Lipinski definition) is 3. The van der Waals surface area contributed by atoms with Gasteiger partial charge in [0.25, 0.3) is 0 Å². The van der Waals surface area contributed by atoms with Gasteiger partial charge in [-0.05, 0) is 68.7 Å². The van der Waals surface area contributed by atoms with Crippen molar-refractivity contribution in [1.29, 1.82) is 0 Å². The monoisotopic (exact) mass is 275 g/mol. The maximum atomic E-state index is 9.90. The van der Waals surface area contributed by atoms with Crippen molar-refractivity contribution in [3.05, 3.63) is 29.3 Å².